The molecule has 0 aliphatic carbocycles. The molecule has 4 aromatic heterocycles. The van der Waals surface area contributed by atoms with Gasteiger partial charge in [0, 0.05) is 60.2 Å². The van der Waals surface area contributed by atoms with Crippen molar-refractivity contribution in [2.75, 3.05) is 18.5 Å². The summed E-state index contributed by atoms with van der Waals surface area (Å²) in [5.74, 6) is 1.42. The standard InChI is InChI=1S/C26H25F3N6O2/c1-15-7-21(23(12-30-15)37-19-8-17-13-36-14-18(9-19)32-17)20-3-2-6-35-22(20)10-25(34-35)33-24-5-4-16(11-31-24)26(27,28)29/h2-7,10-12,17-19,32H,8-9,13-14H2,1H3,(H,31,33,34). The van der Waals surface area contributed by atoms with Crippen LogP contribution >= 0.6 is 0 Å². The average Bonchev–Trinajstić information content (AvgIpc) is 3.27. The Morgan fingerprint density at radius 3 is 2.57 bits per heavy atom. The number of ether oxygens (including phenoxy) is 2. The second-order valence-electron chi connectivity index (χ2n) is 9.47. The quantitative estimate of drug-likeness (QED) is 0.400. The molecule has 6 heterocycles. The van der Waals surface area contributed by atoms with Gasteiger partial charge in [-0.2, -0.15) is 18.3 Å². The smallest absolute Gasteiger partial charge is 0.417 e. The van der Waals surface area contributed by atoms with Gasteiger partial charge in [-0.3, -0.25) is 4.98 Å². The maximum absolute atomic E-state index is 12.9. The van der Waals surface area contributed by atoms with Crippen molar-refractivity contribution in [2.45, 2.75) is 44.1 Å². The van der Waals surface area contributed by atoms with E-state index in [4.69, 9.17) is 9.47 Å². The molecule has 0 saturated carbocycles. The number of alkyl halides is 3. The Morgan fingerprint density at radius 2 is 1.84 bits per heavy atom. The van der Waals surface area contributed by atoms with E-state index >= 15 is 0 Å². The third-order valence-corrected chi connectivity index (χ3v) is 6.64. The third kappa shape index (κ3) is 4.96. The largest absolute Gasteiger partial charge is 0.488 e. The SMILES string of the molecule is Cc1cc(-c2cccn3nc(Nc4ccc(C(F)(F)F)cn4)cc23)c(OC2CC3COCC(C2)N3)cn1. The van der Waals surface area contributed by atoms with Crippen molar-refractivity contribution in [3.8, 4) is 16.9 Å². The predicted octanol–water partition coefficient (Wildman–Crippen LogP) is 4.76. The molecule has 2 fully saturated rings. The Morgan fingerprint density at radius 1 is 1.03 bits per heavy atom. The number of piperidine rings is 1. The van der Waals surface area contributed by atoms with Gasteiger partial charge < -0.3 is 20.1 Å². The Bertz CT molecular complexity index is 1410. The molecular formula is C26H25F3N6O2. The van der Waals surface area contributed by atoms with Crippen LogP contribution in [0.5, 0.6) is 5.75 Å². The molecule has 0 aromatic carbocycles. The lowest BCUT2D eigenvalue weighted by atomic mass is 9.94. The molecule has 2 saturated heterocycles. The summed E-state index contributed by atoms with van der Waals surface area (Å²) in [5.41, 5.74) is 2.66. The first-order valence-electron chi connectivity index (χ1n) is 12.1. The fraction of sp³-hybridized carbons (Fsp3) is 0.346. The van der Waals surface area contributed by atoms with Crippen molar-refractivity contribution in [3.63, 3.8) is 0 Å². The van der Waals surface area contributed by atoms with Crippen LogP contribution in [-0.4, -0.2) is 51.0 Å². The van der Waals surface area contributed by atoms with Crippen molar-refractivity contribution in [1.29, 1.82) is 0 Å². The number of halogens is 3. The highest BCUT2D eigenvalue weighted by Gasteiger charge is 2.33. The van der Waals surface area contributed by atoms with Gasteiger partial charge in [0.2, 0.25) is 0 Å². The molecule has 192 valence electrons. The number of nitrogens with zero attached hydrogens (tertiary/aromatic N) is 4. The van der Waals surface area contributed by atoms with Gasteiger partial charge in [-0.05, 0) is 31.2 Å². The highest BCUT2D eigenvalue weighted by molar-refractivity contribution is 5.85. The summed E-state index contributed by atoms with van der Waals surface area (Å²) < 4.78 is 52.5. The van der Waals surface area contributed by atoms with Crippen LogP contribution in [0.25, 0.3) is 16.6 Å². The molecule has 2 N–H and O–H groups in total. The monoisotopic (exact) mass is 510 g/mol. The molecule has 0 radical (unpaired) electrons. The zero-order valence-electron chi connectivity index (χ0n) is 20.0. The van der Waals surface area contributed by atoms with E-state index in [1.54, 1.807) is 10.7 Å². The number of hydrogen-bond donors (Lipinski definition) is 2. The molecule has 0 amide bonds. The van der Waals surface area contributed by atoms with Crippen molar-refractivity contribution >= 4 is 17.2 Å². The summed E-state index contributed by atoms with van der Waals surface area (Å²) in [4.78, 5) is 8.36. The Labute approximate surface area is 210 Å². The molecule has 0 spiro atoms. The van der Waals surface area contributed by atoms with Gasteiger partial charge >= 0.3 is 6.18 Å². The molecule has 2 atom stereocenters. The fourth-order valence-corrected chi connectivity index (χ4v) is 4.98. The van der Waals surface area contributed by atoms with Crippen LogP contribution in [0.3, 0.4) is 0 Å². The summed E-state index contributed by atoms with van der Waals surface area (Å²) >= 11 is 0. The highest BCUT2D eigenvalue weighted by Crippen LogP contribution is 2.36. The molecule has 2 aliphatic heterocycles. The zero-order chi connectivity index (χ0) is 25.6. The summed E-state index contributed by atoms with van der Waals surface area (Å²) in [6.07, 6.45) is 1.71. The van der Waals surface area contributed by atoms with Crippen molar-refractivity contribution < 1.29 is 22.6 Å². The zero-order valence-corrected chi connectivity index (χ0v) is 20.0. The Kier molecular flexibility index (Phi) is 5.96. The van der Waals surface area contributed by atoms with Crippen LogP contribution in [0.2, 0.25) is 0 Å². The van der Waals surface area contributed by atoms with E-state index < -0.39 is 11.7 Å². The predicted molar refractivity (Wildman–Crippen MR) is 131 cm³/mol. The number of aryl methyl sites for hydroxylation is 1. The minimum Gasteiger partial charge on any atom is -0.488 e. The van der Waals surface area contributed by atoms with Crippen molar-refractivity contribution in [3.05, 3.63) is 66.2 Å². The second-order valence-corrected chi connectivity index (χ2v) is 9.47. The first-order chi connectivity index (χ1) is 17.8. The van der Waals surface area contributed by atoms with Crippen LogP contribution in [0.4, 0.5) is 24.8 Å². The Hall–Kier alpha value is -3.70. The normalized spacial score (nSPS) is 21.7. The van der Waals surface area contributed by atoms with E-state index in [0.29, 0.717) is 24.8 Å². The van der Waals surface area contributed by atoms with Gasteiger partial charge in [-0.15, -0.1) is 0 Å². The average molecular weight is 511 g/mol. The van der Waals surface area contributed by atoms with E-state index in [-0.39, 0.29) is 24.0 Å². The van der Waals surface area contributed by atoms with Gasteiger partial charge in [-0.25, -0.2) is 9.50 Å². The summed E-state index contributed by atoms with van der Waals surface area (Å²) in [7, 11) is 0. The fourth-order valence-electron chi connectivity index (χ4n) is 4.98. The number of rotatable bonds is 5. The lowest BCUT2D eigenvalue weighted by Gasteiger charge is -2.40. The van der Waals surface area contributed by atoms with Gasteiger partial charge in [0.15, 0.2) is 5.82 Å². The number of morpholine rings is 1. The number of hydrogen-bond acceptors (Lipinski definition) is 7. The van der Waals surface area contributed by atoms with Gasteiger partial charge in [0.1, 0.15) is 17.7 Å². The van der Waals surface area contributed by atoms with E-state index in [1.165, 1.54) is 6.07 Å². The van der Waals surface area contributed by atoms with Crippen LogP contribution in [-0.2, 0) is 10.9 Å². The lowest BCUT2D eigenvalue weighted by Crippen LogP contribution is -2.56. The van der Waals surface area contributed by atoms with Crippen LogP contribution in [0.15, 0.2) is 55.0 Å². The van der Waals surface area contributed by atoms with Crippen LogP contribution < -0.4 is 15.4 Å². The molecule has 2 bridgehead atoms. The molecular weight excluding hydrogens is 485 g/mol. The van der Waals surface area contributed by atoms with E-state index in [0.717, 1.165) is 47.4 Å². The second kappa shape index (κ2) is 9.31. The maximum Gasteiger partial charge on any atom is 0.417 e. The lowest BCUT2D eigenvalue weighted by molar-refractivity contribution is -0.137. The van der Waals surface area contributed by atoms with Crippen LogP contribution in [0.1, 0.15) is 24.1 Å². The van der Waals surface area contributed by atoms with Gasteiger partial charge in [-0.1, -0.05) is 6.07 Å². The van der Waals surface area contributed by atoms with E-state index in [9.17, 15) is 13.2 Å². The summed E-state index contributed by atoms with van der Waals surface area (Å²) in [6.45, 7) is 3.31. The number of nitrogens with one attached hydrogen (secondary N) is 2. The van der Waals surface area contributed by atoms with E-state index in [1.807, 2.05) is 37.4 Å². The molecule has 2 unspecified atom stereocenters. The highest BCUT2D eigenvalue weighted by atomic mass is 19.4. The van der Waals surface area contributed by atoms with Crippen molar-refractivity contribution in [1.82, 2.24) is 24.9 Å². The van der Waals surface area contributed by atoms with E-state index in [2.05, 4.69) is 25.7 Å². The Balaban J connectivity index is 1.30. The molecule has 37 heavy (non-hydrogen) atoms. The number of pyridine rings is 3. The first kappa shape index (κ1) is 23.7. The van der Waals surface area contributed by atoms with Crippen molar-refractivity contribution in [2.24, 2.45) is 0 Å². The maximum atomic E-state index is 12.9. The number of aromatic nitrogens is 4. The summed E-state index contributed by atoms with van der Waals surface area (Å²) in [5, 5.41) is 11.1. The summed E-state index contributed by atoms with van der Waals surface area (Å²) in [6, 6.07) is 10.5. The molecule has 6 rings (SSSR count). The first-order valence-corrected chi connectivity index (χ1v) is 12.1. The molecule has 11 heteroatoms. The van der Waals surface area contributed by atoms with Gasteiger partial charge in [0.05, 0.1) is 30.5 Å². The van der Waals surface area contributed by atoms with Crippen LogP contribution in [0, 0.1) is 6.92 Å². The third-order valence-electron chi connectivity index (χ3n) is 6.64. The number of anilines is 2. The molecule has 2 aliphatic rings. The molecule has 8 nitrogen and oxygen atoms in total. The topological polar surface area (TPSA) is 85.6 Å². The van der Waals surface area contributed by atoms with Gasteiger partial charge in [0.25, 0.3) is 0 Å². The minimum atomic E-state index is -4.44. The number of fused-ring (bicyclic) bond motifs is 3. The molecule has 4 aromatic rings. The minimum absolute atomic E-state index is 0.0519.